The maximum atomic E-state index is 12.2. The van der Waals surface area contributed by atoms with Crippen molar-refractivity contribution in [1.82, 2.24) is 14.7 Å². The van der Waals surface area contributed by atoms with Crippen LogP contribution in [0.25, 0.3) is 0 Å². The van der Waals surface area contributed by atoms with Gasteiger partial charge in [0.2, 0.25) is 0 Å². The molecular formula is C18H29N3O3. The lowest BCUT2D eigenvalue weighted by Gasteiger charge is -2.20. The summed E-state index contributed by atoms with van der Waals surface area (Å²) < 4.78 is 7.31. The van der Waals surface area contributed by atoms with Crippen LogP contribution < -0.4 is 0 Å². The van der Waals surface area contributed by atoms with Crippen molar-refractivity contribution in [2.75, 3.05) is 13.1 Å². The molecule has 2 rings (SSSR count). The second kappa shape index (κ2) is 7.81. The first-order valence-electron chi connectivity index (χ1n) is 8.80. The minimum atomic E-state index is -0.720. The van der Waals surface area contributed by atoms with Crippen molar-refractivity contribution in [3.63, 3.8) is 0 Å². The summed E-state index contributed by atoms with van der Waals surface area (Å²) in [7, 11) is 0. The fourth-order valence-electron chi connectivity index (χ4n) is 3.14. The van der Waals surface area contributed by atoms with Crippen molar-refractivity contribution in [1.29, 1.82) is 0 Å². The lowest BCUT2D eigenvalue weighted by atomic mass is 10.1. The molecule has 0 saturated carbocycles. The third kappa shape index (κ3) is 4.36. The number of aryl methyl sites for hydroxylation is 1. The monoisotopic (exact) mass is 335 g/mol. The van der Waals surface area contributed by atoms with Crippen LogP contribution in [-0.4, -0.2) is 45.8 Å². The fraction of sp³-hybridized carbons (Fsp3) is 0.722. The maximum Gasteiger partial charge on any atom is 0.311 e. The molecule has 24 heavy (non-hydrogen) atoms. The van der Waals surface area contributed by atoms with E-state index in [1.165, 1.54) is 0 Å². The number of carbonyl (C=O) groups is 2. The van der Waals surface area contributed by atoms with Crippen LogP contribution in [0.1, 0.15) is 50.6 Å². The van der Waals surface area contributed by atoms with Crippen molar-refractivity contribution in [2.24, 2.45) is 5.92 Å². The maximum absolute atomic E-state index is 12.2. The summed E-state index contributed by atoms with van der Waals surface area (Å²) in [5, 5.41) is 4.51. The van der Waals surface area contributed by atoms with Crippen molar-refractivity contribution in [3.8, 4) is 0 Å². The molecule has 1 aliphatic heterocycles. The Morgan fingerprint density at radius 1 is 1.17 bits per heavy atom. The van der Waals surface area contributed by atoms with E-state index in [4.69, 9.17) is 4.74 Å². The van der Waals surface area contributed by atoms with Gasteiger partial charge in [-0.1, -0.05) is 13.8 Å². The molecule has 0 bridgehead atoms. The van der Waals surface area contributed by atoms with E-state index in [9.17, 15) is 9.59 Å². The van der Waals surface area contributed by atoms with Crippen LogP contribution in [0.4, 0.5) is 0 Å². The predicted octanol–water partition coefficient (Wildman–Crippen LogP) is 2.25. The highest BCUT2D eigenvalue weighted by Crippen LogP contribution is 2.17. The second-order valence-corrected chi connectivity index (χ2v) is 7.07. The molecule has 0 N–H and O–H groups in total. The Balaban J connectivity index is 1.96. The van der Waals surface area contributed by atoms with E-state index in [0.29, 0.717) is 5.92 Å². The molecule has 1 aliphatic rings. The fourth-order valence-corrected chi connectivity index (χ4v) is 3.14. The van der Waals surface area contributed by atoms with Crippen LogP contribution in [0, 0.1) is 19.8 Å². The number of amides is 1. The van der Waals surface area contributed by atoms with E-state index >= 15 is 0 Å². The Morgan fingerprint density at radius 3 is 2.38 bits per heavy atom. The van der Waals surface area contributed by atoms with Crippen molar-refractivity contribution in [3.05, 3.63) is 17.0 Å². The molecule has 2 heterocycles. The summed E-state index contributed by atoms with van der Waals surface area (Å²) >= 11 is 0. The van der Waals surface area contributed by atoms with Gasteiger partial charge in [0.25, 0.3) is 5.91 Å². The number of esters is 1. The molecule has 0 radical (unpaired) electrons. The van der Waals surface area contributed by atoms with Gasteiger partial charge >= 0.3 is 5.97 Å². The molecule has 1 amide bonds. The third-order valence-electron chi connectivity index (χ3n) is 4.46. The molecule has 1 aromatic rings. The number of likely N-dealkylation sites (tertiary alicyclic amines) is 1. The molecule has 0 spiro atoms. The highest BCUT2D eigenvalue weighted by molar-refractivity contribution is 5.84. The van der Waals surface area contributed by atoms with Gasteiger partial charge in [0, 0.05) is 30.9 Å². The highest BCUT2D eigenvalue weighted by Gasteiger charge is 2.26. The van der Waals surface area contributed by atoms with Gasteiger partial charge in [-0.15, -0.1) is 0 Å². The quantitative estimate of drug-likeness (QED) is 0.748. The normalized spacial score (nSPS) is 15.8. The number of rotatable bonds is 6. The molecule has 1 aromatic heterocycles. The van der Waals surface area contributed by atoms with Gasteiger partial charge in [0.05, 0.1) is 12.1 Å². The van der Waals surface area contributed by atoms with Gasteiger partial charge in [0.1, 0.15) is 0 Å². The minimum Gasteiger partial charge on any atom is -0.452 e. The molecule has 1 fully saturated rings. The van der Waals surface area contributed by atoms with Gasteiger partial charge in [0.15, 0.2) is 6.10 Å². The standard InChI is InChI=1S/C18H29N3O3/c1-12(2)11-21-14(4)16(13(3)19-21)10-17(22)24-15(5)18(23)20-8-6-7-9-20/h12,15H,6-11H2,1-5H3. The number of hydrogen-bond donors (Lipinski definition) is 0. The predicted molar refractivity (Wildman–Crippen MR) is 91.6 cm³/mol. The van der Waals surface area contributed by atoms with Gasteiger partial charge < -0.3 is 9.64 Å². The first kappa shape index (κ1) is 18.5. The number of aromatic nitrogens is 2. The van der Waals surface area contributed by atoms with E-state index < -0.39 is 6.10 Å². The molecule has 0 aliphatic carbocycles. The summed E-state index contributed by atoms with van der Waals surface area (Å²) in [5.74, 6) is 0.0241. The smallest absolute Gasteiger partial charge is 0.311 e. The first-order valence-corrected chi connectivity index (χ1v) is 8.80. The summed E-state index contributed by atoms with van der Waals surface area (Å²) in [6.07, 6.45) is 1.49. The lowest BCUT2D eigenvalue weighted by Crippen LogP contribution is -2.38. The molecular weight excluding hydrogens is 306 g/mol. The average molecular weight is 335 g/mol. The summed E-state index contributed by atoms with van der Waals surface area (Å²) in [6, 6.07) is 0. The minimum absolute atomic E-state index is 0.0928. The summed E-state index contributed by atoms with van der Waals surface area (Å²) in [5.41, 5.74) is 2.75. The van der Waals surface area contributed by atoms with Gasteiger partial charge in [-0.3, -0.25) is 14.3 Å². The van der Waals surface area contributed by atoms with Crippen LogP contribution in [0.5, 0.6) is 0 Å². The number of hydrogen-bond acceptors (Lipinski definition) is 4. The van der Waals surface area contributed by atoms with E-state index in [0.717, 1.165) is 49.4 Å². The Morgan fingerprint density at radius 2 is 1.79 bits per heavy atom. The van der Waals surface area contributed by atoms with E-state index in [2.05, 4.69) is 18.9 Å². The zero-order valence-corrected chi connectivity index (χ0v) is 15.5. The van der Waals surface area contributed by atoms with Crippen LogP contribution >= 0.6 is 0 Å². The van der Waals surface area contributed by atoms with Crippen molar-refractivity contribution < 1.29 is 14.3 Å². The SMILES string of the molecule is Cc1nn(CC(C)C)c(C)c1CC(=O)OC(C)C(=O)N1CCCC1. The molecule has 1 atom stereocenters. The first-order chi connectivity index (χ1) is 11.3. The van der Waals surface area contributed by atoms with E-state index in [1.807, 2.05) is 18.5 Å². The largest absolute Gasteiger partial charge is 0.452 e. The molecule has 134 valence electrons. The Hall–Kier alpha value is -1.85. The average Bonchev–Trinajstić information content (AvgIpc) is 3.11. The van der Waals surface area contributed by atoms with Crippen LogP contribution in [0.15, 0.2) is 0 Å². The summed E-state index contributed by atoms with van der Waals surface area (Å²) in [4.78, 5) is 26.2. The number of ether oxygens (including phenoxy) is 1. The zero-order chi connectivity index (χ0) is 17.9. The molecule has 1 unspecified atom stereocenters. The van der Waals surface area contributed by atoms with Gasteiger partial charge in [-0.25, -0.2) is 0 Å². The van der Waals surface area contributed by atoms with E-state index in [1.54, 1.807) is 11.8 Å². The Bertz CT molecular complexity index is 601. The van der Waals surface area contributed by atoms with E-state index in [-0.39, 0.29) is 18.3 Å². The van der Waals surface area contributed by atoms with Gasteiger partial charge in [-0.2, -0.15) is 5.10 Å². The lowest BCUT2D eigenvalue weighted by molar-refractivity contribution is -0.158. The molecule has 0 aromatic carbocycles. The Labute approximate surface area is 144 Å². The zero-order valence-electron chi connectivity index (χ0n) is 15.5. The van der Waals surface area contributed by atoms with Crippen LogP contribution in [0.2, 0.25) is 0 Å². The van der Waals surface area contributed by atoms with Crippen molar-refractivity contribution in [2.45, 2.75) is 66.5 Å². The van der Waals surface area contributed by atoms with Crippen LogP contribution in [0.3, 0.4) is 0 Å². The number of carbonyl (C=O) groups excluding carboxylic acids is 2. The molecule has 6 nitrogen and oxygen atoms in total. The van der Waals surface area contributed by atoms with Gasteiger partial charge in [-0.05, 0) is 39.5 Å². The number of nitrogens with zero attached hydrogens (tertiary/aromatic N) is 3. The van der Waals surface area contributed by atoms with Crippen LogP contribution in [-0.2, 0) is 27.3 Å². The van der Waals surface area contributed by atoms with Crippen molar-refractivity contribution >= 4 is 11.9 Å². The second-order valence-electron chi connectivity index (χ2n) is 7.07. The summed E-state index contributed by atoms with van der Waals surface area (Å²) in [6.45, 7) is 12.2. The molecule has 6 heteroatoms. The Kier molecular flexibility index (Phi) is 6.02. The molecule has 1 saturated heterocycles. The third-order valence-corrected chi connectivity index (χ3v) is 4.46. The highest BCUT2D eigenvalue weighted by atomic mass is 16.5. The topological polar surface area (TPSA) is 64.4 Å².